The highest BCUT2D eigenvalue weighted by Gasteiger charge is 2.53. The molecule has 5 atom stereocenters. The zero-order valence-corrected chi connectivity index (χ0v) is 13.2. The second kappa shape index (κ2) is 6.53. The Kier molecular flexibility index (Phi) is 4.69. The van der Waals surface area contributed by atoms with Crippen molar-refractivity contribution in [2.75, 3.05) is 26.8 Å². The highest BCUT2D eigenvalue weighted by Crippen LogP contribution is 2.47. The van der Waals surface area contributed by atoms with E-state index in [1.165, 1.54) is 12.8 Å². The van der Waals surface area contributed by atoms with Crippen LogP contribution >= 0.6 is 0 Å². The minimum absolute atomic E-state index is 0.0851. The summed E-state index contributed by atoms with van der Waals surface area (Å²) < 4.78 is 11.2. The van der Waals surface area contributed by atoms with Crippen LogP contribution in [0.5, 0.6) is 0 Å². The average Bonchev–Trinajstić information content (AvgIpc) is 3.16. The molecule has 3 aliphatic rings. The van der Waals surface area contributed by atoms with E-state index in [-0.39, 0.29) is 12.1 Å². The van der Waals surface area contributed by atoms with Crippen LogP contribution in [0.15, 0.2) is 0 Å². The lowest BCUT2D eigenvalue weighted by Crippen LogP contribution is -2.46. The molecule has 3 fully saturated rings. The third-order valence-corrected chi connectivity index (χ3v) is 5.34. The Labute approximate surface area is 127 Å². The summed E-state index contributed by atoms with van der Waals surface area (Å²) in [6.07, 6.45) is 6.45. The van der Waals surface area contributed by atoms with E-state index in [1.807, 2.05) is 4.90 Å². The van der Waals surface area contributed by atoms with E-state index in [2.05, 4.69) is 12.2 Å². The molecule has 21 heavy (non-hydrogen) atoms. The van der Waals surface area contributed by atoms with Crippen LogP contribution in [0.2, 0.25) is 0 Å². The van der Waals surface area contributed by atoms with Gasteiger partial charge in [0, 0.05) is 32.0 Å². The largest absolute Gasteiger partial charge is 0.383 e. The van der Waals surface area contributed by atoms with Crippen LogP contribution in [0.4, 0.5) is 4.79 Å². The number of nitrogens with one attached hydrogen (secondary N) is 1. The second-order valence-corrected chi connectivity index (χ2v) is 6.77. The first kappa shape index (κ1) is 15.1. The fourth-order valence-corrected chi connectivity index (χ4v) is 4.24. The van der Waals surface area contributed by atoms with E-state index in [4.69, 9.17) is 9.47 Å². The van der Waals surface area contributed by atoms with Crippen LogP contribution in [0.1, 0.15) is 39.0 Å². The predicted octanol–water partition coefficient (Wildman–Crippen LogP) is 2.01. The summed E-state index contributed by atoms with van der Waals surface area (Å²) in [6.45, 7) is 4.50. The summed E-state index contributed by atoms with van der Waals surface area (Å²) in [5.41, 5.74) is 0. The lowest BCUT2D eigenvalue weighted by atomic mass is 9.82. The summed E-state index contributed by atoms with van der Waals surface area (Å²) >= 11 is 0. The van der Waals surface area contributed by atoms with Gasteiger partial charge in [-0.3, -0.25) is 0 Å². The Hall–Kier alpha value is -0.810. The molecule has 0 radical (unpaired) electrons. The van der Waals surface area contributed by atoms with Crippen LogP contribution in [0, 0.1) is 11.8 Å². The van der Waals surface area contributed by atoms with E-state index < -0.39 is 0 Å². The molecule has 5 nitrogen and oxygen atoms in total. The molecule has 0 unspecified atom stereocenters. The van der Waals surface area contributed by atoms with Gasteiger partial charge in [0.05, 0.1) is 24.9 Å². The standard InChI is InChI=1S/C16H28N2O3/c1-3-4-5-11(10-20-2)17-16(19)18-8-12-13(9-18)15-7-6-14(12)21-15/h11-15H,3-10H2,1-2H3,(H,17,19)/t11-,12+,13+,14-,15-/m1/s1. The smallest absolute Gasteiger partial charge is 0.317 e. The molecule has 1 N–H and O–H groups in total. The van der Waals surface area contributed by atoms with Gasteiger partial charge in [0.15, 0.2) is 0 Å². The molecule has 2 bridgehead atoms. The van der Waals surface area contributed by atoms with Crippen LogP contribution in [0.25, 0.3) is 0 Å². The SMILES string of the molecule is CCCC[C@H](COC)NC(=O)N1C[C@H]2[C@H](C1)[C@H]1CC[C@H]2O1. The zero-order valence-electron chi connectivity index (χ0n) is 13.2. The van der Waals surface area contributed by atoms with Gasteiger partial charge in [-0.05, 0) is 19.3 Å². The van der Waals surface area contributed by atoms with E-state index in [1.54, 1.807) is 7.11 Å². The van der Waals surface area contributed by atoms with Crippen molar-refractivity contribution in [1.29, 1.82) is 0 Å². The van der Waals surface area contributed by atoms with Crippen LogP contribution in [0.3, 0.4) is 0 Å². The van der Waals surface area contributed by atoms with Crippen molar-refractivity contribution >= 4 is 6.03 Å². The summed E-state index contributed by atoms with van der Waals surface area (Å²) in [5.74, 6) is 1.15. The maximum Gasteiger partial charge on any atom is 0.317 e. The fraction of sp³-hybridized carbons (Fsp3) is 0.938. The fourth-order valence-electron chi connectivity index (χ4n) is 4.24. The number of hydrogen-bond acceptors (Lipinski definition) is 3. The first-order valence-electron chi connectivity index (χ1n) is 8.42. The van der Waals surface area contributed by atoms with Gasteiger partial charge in [0.1, 0.15) is 0 Å². The van der Waals surface area contributed by atoms with Gasteiger partial charge >= 0.3 is 6.03 Å². The molecule has 3 aliphatic heterocycles. The Bertz CT molecular complexity index is 359. The number of methoxy groups -OCH3 is 1. The summed E-state index contributed by atoms with van der Waals surface area (Å²) in [4.78, 5) is 14.5. The number of urea groups is 1. The molecule has 2 amide bonds. The lowest BCUT2D eigenvalue weighted by molar-refractivity contribution is 0.0732. The summed E-state index contributed by atoms with van der Waals surface area (Å²) in [7, 11) is 1.69. The predicted molar refractivity (Wildman–Crippen MR) is 80.2 cm³/mol. The molecule has 0 aliphatic carbocycles. The minimum atomic E-state index is 0.0851. The molecular weight excluding hydrogens is 268 g/mol. The van der Waals surface area contributed by atoms with E-state index in [9.17, 15) is 4.79 Å². The molecule has 0 aromatic rings. The van der Waals surface area contributed by atoms with Gasteiger partial charge < -0.3 is 19.7 Å². The van der Waals surface area contributed by atoms with Gasteiger partial charge in [-0.25, -0.2) is 4.79 Å². The van der Waals surface area contributed by atoms with Crippen molar-refractivity contribution in [3.63, 3.8) is 0 Å². The molecule has 3 heterocycles. The Morgan fingerprint density at radius 1 is 1.33 bits per heavy atom. The van der Waals surface area contributed by atoms with Crippen molar-refractivity contribution < 1.29 is 14.3 Å². The molecular formula is C16H28N2O3. The molecule has 0 saturated carbocycles. The molecule has 5 heteroatoms. The summed E-state index contributed by atoms with van der Waals surface area (Å²) in [6, 6.07) is 0.220. The molecule has 0 aromatic carbocycles. The monoisotopic (exact) mass is 296 g/mol. The maximum atomic E-state index is 12.5. The summed E-state index contributed by atoms with van der Waals surface area (Å²) in [5, 5.41) is 3.16. The number of ether oxygens (including phenoxy) is 2. The number of amides is 2. The number of fused-ring (bicyclic) bond motifs is 5. The van der Waals surface area contributed by atoms with Crippen molar-refractivity contribution in [2.45, 2.75) is 57.3 Å². The first-order valence-corrected chi connectivity index (χ1v) is 8.42. The van der Waals surface area contributed by atoms with Crippen molar-refractivity contribution in [3.05, 3.63) is 0 Å². The Morgan fingerprint density at radius 3 is 2.57 bits per heavy atom. The van der Waals surface area contributed by atoms with Crippen molar-refractivity contribution in [3.8, 4) is 0 Å². The zero-order chi connectivity index (χ0) is 14.8. The van der Waals surface area contributed by atoms with Crippen LogP contribution in [-0.2, 0) is 9.47 Å². The topological polar surface area (TPSA) is 50.8 Å². The molecule has 120 valence electrons. The second-order valence-electron chi connectivity index (χ2n) is 6.77. The molecule has 0 spiro atoms. The van der Waals surface area contributed by atoms with E-state index >= 15 is 0 Å². The van der Waals surface area contributed by atoms with Gasteiger partial charge in [-0.1, -0.05) is 19.8 Å². The van der Waals surface area contributed by atoms with Crippen LogP contribution < -0.4 is 5.32 Å². The number of carbonyl (C=O) groups excluding carboxylic acids is 1. The molecule has 0 aromatic heterocycles. The van der Waals surface area contributed by atoms with E-state index in [0.717, 1.165) is 32.4 Å². The van der Waals surface area contributed by atoms with Gasteiger partial charge in [-0.15, -0.1) is 0 Å². The van der Waals surface area contributed by atoms with Crippen molar-refractivity contribution in [1.82, 2.24) is 10.2 Å². The molecule has 3 rings (SSSR count). The third-order valence-electron chi connectivity index (χ3n) is 5.34. The third kappa shape index (κ3) is 3.04. The van der Waals surface area contributed by atoms with Gasteiger partial charge in [0.2, 0.25) is 0 Å². The van der Waals surface area contributed by atoms with Crippen LogP contribution in [-0.4, -0.2) is 56.0 Å². The average molecular weight is 296 g/mol. The van der Waals surface area contributed by atoms with Crippen molar-refractivity contribution in [2.24, 2.45) is 11.8 Å². The highest BCUT2D eigenvalue weighted by molar-refractivity contribution is 5.75. The minimum Gasteiger partial charge on any atom is -0.383 e. The number of likely N-dealkylation sites (tertiary alicyclic amines) is 1. The normalized spacial score (nSPS) is 35.0. The Morgan fingerprint density at radius 2 is 2.00 bits per heavy atom. The quantitative estimate of drug-likeness (QED) is 0.816. The Balaban J connectivity index is 1.51. The highest BCUT2D eigenvalue weighted by atomic mass is 16.5. The number of carbonyl (C=O) groups is 1. The number of hydrogen-bond donors (Lipinski definition) is 1. The molecule has 3 saturated heterocycles. The van der Waals surface area contributed by atoms with Gasteiger partial charge in [0.25, 0.3) is 0 Å². The number of unbranched alkanes of at least 4 members (excludes halogenated alkanes) is 1. The maximum absolute atomic E-state index is 12.5. The number of nitrogens with zero attached hydrogens (tertiary/aromatic N) is 1. The lowest BCUT2D eigenvalue weighted by Gasteiger charge is -2.24. The first-order chi connectivity index (χ1) is 10.2. The van der Waals surface area contributed by atoms with Gasteiger partial charge in [-0.2, -0.15) is 0 Å². The van der Waals surface area contributed by atoms with E-state index in [0.29, 0.717) is 30.7 Å². The number of rotatable bonds is 6.